The van der Waals surface area contributed by atoms with Crippen LogP contribution < -0.4 is 15.2 Å². The number of sulfonamides is 1. The molecule has 0 amide bonds. The van der Waals surface area contributed by atoms with Crippen LogP contribution in [-0.4, -0.2) is 27.3 Å². The number of nitrogen functional groups attached to an aromatic ring is 1. The van der Waals surface area contributed by atoms with E-state index < -0.39 is 15.8 Å². The van der Waals surface area contributed by atoms with Crippen molar-refractivity contribution < 1.29 is 13.2 Å². The Labute approximate surface area is 100 Å². The van der Waals surface area contributed by atoms with Crippen molar-refractivity contribution in [1.82, 2.24) is 4.72 Å². The third-order valence-corrected chi connectivity index (χ3v) is 2.96. The van der Waals surface area contributed by atoms with E-state index in [0.717, 1.165) is 0 Å². The predicted octanol–water partition coefficient (Wildman–Crippen LogP) is 0.0906. The van der Waals surface area contributed by atoms with Crippen molar-refractivity contribution >= 4 is 15.7 Å². The molecular formula is C10H13N3O3S. The Morgan fingerprint density at radius 1 is 1.47 bits per heavy atom. The largest absolute Gasteiger partial charge is 0.492 e. The van der Waals surface area contributed by atoms with E-state index in [1.165, 1.54) is 0 Å². The Bertz CT molecular complexity index is 508. The summed E-state index contributed by atoms with van der Waals surface area (Å²) >= 11 is 0. The van der Waals surface area contributed by atoms with E-state index in [1.54, 1.807) is 30.3 Å². The first-order valence-corrected chi connectivity index (χ1v) is 6.51. The number of hydrogen-bond donors (Lipinski definition) is 2. The molecule has 0 unspecified atom stereocenters. The van der Waals surface area contributed by atoms with Crippen LogP contribution in [0.15, 0.2) is 24.3 Å². The zero-order chi connectivity index (χ0) is 12.7. The summed E-state index contributed by atoms with van der Waals surface area (Å²) in [6.45, 7) is 0.285. The van der Waals surface area contributed by atoms with Gasteiger partial charge in [0.1, 0.15) is 12.4 Å². The lowest BCUT2D eigenvalue weighted by molar-refractivity contribution is 0.323. The molecule has 1 aromatic rings. The summed E-state index contributed by atoms with van der Waals surface area (Å²) in [6, 6.07) is 8.40. The van der Waals surface area contributed by atoms with Crippen LogP contribution in [0.25, 0.3) is 0 Å². The summed E-state index contributed by atoms with van der Waals surface area (Å²) < 4.78 is 29.7. The Kier molecular flexibility index (Phi) is 4.75. The van der Waals surface area contributed by atoms with Crippen LogP contribution in [0.4, 0.5) is 5.69 Å². The van der Waals surface area contributed by atoms with Crippen LogP contribution in [0.3, 0.4) is 0 Å². The van der Waals surface area contributed by atoms with Gasteiger partial charge in [-0.15, -0.1) is 0 Å². The van der Waals surface area contributed by atoms with Gasteiger partial charge in [0.05, 0.1) is 6.07 Å². The summed E-state index contributed by atoms with van der Waals surface area (Å²) in [7, 11) is -3.51. The van der Waals surface area contributed by atoms with Gasteiger partial charge in [0.2, 0.25) is 10.0 Å². The summed E-state index contributed by atoms with van der Waals surface area (Å²) in [5.41, 5.74) is 6.12. The fraction of sp³-hybridized carbons (Fsp3) is 0.300. The van der Waals surface area contributed by atoms with E-state index in [-0.39, 0.29) is 13.2 Å². The average molecular weight is 255 g/mol. The van der Waals surface area contributed by atoms with Gasteiger partial charge in [0.25, 0.3) is 0 Å². The highest BCUT2D eigenvalue weighted by Crippen LogP contribution is 2.13. The maximum absolute atomic E-state index is 11.1. The predicted molar refractivity (Wildman–Crippen MR) is 63.8 cm³/mol. The molecule has 0 radical (unpaired) electrons. The molecular weight excluding hydrogens is 242 g/mol. The molecule has 7 heteroatoms. The van der Waals surface area contributed by atoms with Crippen molar-refractivity contribution in [2.24, 2.45) is 0 Å². The van der Waals surface area contributed by atoms with Crippen LogP contribution in [-0.2, 0) is 10.0 Å². The van der Waals surface area contributed by atoms with Gasteiger partial charge in [-0.1, -0.05) is 6.07 Å². The molecule has 17 heavy (non-hydrogen) atoms. The van der Waals surface area contributed by atoms with Crippen LogP contribution >= 0.6 is 0 Å². The van der Waals surface area contributed by atoms with Gasteiger partial charge in [-0.3, -0.25) is 0 Å². The number of nitrogens with zero attached hydrogens (tertiary/aromatic N) is 1. The van der Waals surface area contributed by atoms with Crippen LogP contribution in [0, 0.1) is 11.3 Å². The lowest BCUT2D eigenvalue weighted by atomic mass is 10.3. The molecule has 0 heterocycles. The SMILES string of the molecule is N#CCS(=O)(=O)NCCOc1cccc(N)c1. The fourth-order valence-corrected chi connectivity index (χ4v) is 1.77. The van der Waals surface area contributed by atoms with Gasteiger partial charge >= 0.3 is 0 Å². The Morgan fingerprint density at radius 2 is 2.24 bits per heavy atom. The summed E-state index contributed by atoms with van der Waals surface area (Å²) in [5.74, 6) is 0.0233. The number of rotatable bonds is 6. The molecule has 0 saturated carbocycles. The number of anilines is 1. The highest BCUT2D eigenvalue weighted by molar-refractivity contribution is 7.89. The molecule has 0 aliphatic carbocycles. The second kappa shape index (κ2) is 6.08. The molecule has 92 valence electrons. The van der Waals surface area contributed by atoms with Gasteiger partial charge in [0.15, 0.2) is 5.75 Å². The van der Waals surface area contributed by atoms with Gasteiger partial charge in [-0.25, -0.2) is 13.1 Å². The van der Waals surface area contributed by atoms with Crippen LogP contribution in [0.1, 0.15) is 0 Å². The smallest absolute Gasteiger partial charge is 0.225 e. The van der Waals surface area contributed by atoms with Crippen molar-refractivity contribution in [1.29, 1.82) is 5.26 Å². The quantitative estimate of drug-likeness (QED) is 0.553. The van der Waals surface area contributed by atoms with E-state index in [9.17, 15) is 8.42 Å². The third kappa shape index (κ3) is 5.19. The normalized spacial score (nSPS) is 10.8. The van der Waals surface area contributed by atoms with Gasteiger partial charge in [-0.05, 0) is 12.1 Å². The third-order valence-electron chi connectivity index (χ3n) is 1.81. The van der Waals surface area contributed by atoms with Crippen molar-refractivity contribution in [3.63, 3.8) is 0 Å². The minimum Gasteiger partial charge on any atom is -0.492 e. The number of benzene rings is 1. The van der Waals surface area contributed by atoms with Crippen molar-refractivity contribution in [3.05, 3.63) is 24.3 Å². The molecule has 3 N–H and O–H groups in total. The Morgan fingerprint density at radius 3 is 2.88 bits per heavy atom. The highest BCUT2D eigenvalue weighted by atomic mass is 32.2. The monoisotopic (exact) mass is 255 g/mol. The lowest BCUT2D eigenvalue weighted by Crippen LogP contribution is -2.29. The van der Waals surface area contributed by atoms with Crippen LogP contribution in [0.5, 0.6) is 5.75 Å². The van der Waals surface area contributed by atoms with Crippen molar-refractivity contribution in [3.8, 4) is 11.8 Å². The topological polar surface area (TPSA) is 105 Å². The second-order valence-corrected chi connectivity index (χ2v) is 5.04. The minimum atomic E-state index is -3.51. The first-order chi connectivity index (χ1) is 8.03. The summed E-state index contributed by atoms with van der Waals surface area (Å²) in [6.07, 6.45) is 0. The minimum absolute atomic E-state index is 0.110. The molecule has 0 atom stereocenters. The maximum atomic E-state index is 11.1. The molecule has 1 aromatic carbocycles. The molecule has 0 aromatic heterocycles. The number of nitrogens with one attached hydrogen (secondary N) is 1. The van der Waals surface area contributed by atoms with Gasteiger partial charge in [0, 0.05) is 18.3 Å². The second-order valence-electron chi connectivity index (χ2n) is 3.23. The van der Waals surface area contributed by atoms with Crippen LogP contribution in [0.2, 0.25) is 0 Å². The Balaban J connectivity index is 2.32. The lowest BCUT2D eigenvalue weighted by Gasteiger charge is -2.07. The Hall–Kier alpha value is -1.78. The van der Waals surface area contributed by atoms with Crippen molar-refractivity contribution in [2.75, 3.05) is 24.6 Å². The zero-order valence-electron chi connectivity index (χ0n) is 9.09. The molecule has 0 aliphatic rings. The highest BCUT2D eigenvalue weighted by Gasteiger charge is 2.07. The number of nitrogens with two attached hydrogens (primary N) is 1. The molecule has 0 saturated heterocycles. The summed E-state index contributed by atoms with van der Waals surface area (Å²) in [5, 5.41) is 8.25. The van der Waals surface area contributed by atoms with E-state index in [2.05, 4.69) is 4.72 Å². The van der Waals surface area contributed by atoms with E-state index in [1.807, 2.05) is 0 Å². The standard InChI is InChI=1S/C10H13N3O3S/c11-4-7-17(14,15)13-5-6-16-10-3-1-2-9(12)8-10/h1-3,8,13H,5-7,12H2. The van der Waals surface area contributed by atoms with Gasteiger partial charge < -0.3 is 10.5 Å². The first-order valence-electron chi connectivity index (χ1n) is 4.86. The van der Waals surface area contributed by atoms with E-state index >= 15 is 0 Å². The fourth-order valence-electron chi connectivity index (χ4n) is 1.11. The van der Waals surface area contributed by atoms with E-state index in [4.69, 9.17) is 15.7 Å². The number of hydrogen-bond acceptors (Lipinski definition) is 5. The van der Waals surface area contributed by atoms with Crippen molar-refractivity contribution in [2.45, 2.75) is 0 Å². The first kappa shape index (κ1) is 13.3. The molecule has 0 bridgehead atoms. The number of ether oxygens (including phenoxy) is 1. The van der Waals surface area contributed by atoms with E-state index in [0.29, 0.717) is 11.4 Å². The molecule has 0 aliphatic heterocycles. The zero-order valence-corrected chi connectivity index (χ0v) is 9.90. The molecule has 6 nitrogen and oxygen atoms in total. The molecule has 0 fully saturated rings. The maximum Gasteiger partial charge on any atom is 0.225 e. The number of nitriles is 1. The van der Waals surface area contributed by atoms with Gasteiger partial charge in [-0.2, -0.15) is 5.26 Å². The average Bonchev–Trinajstić information content (AvgIpc) is 2.24. The summed E-state index contributed by atoms with van der Waals surface area (Å²) in [4.78, 5) is 0. The molecule has 0 spiro atoms. The molecule has 1 rings (SSSR count).